The molecule has 0 atom stereocenters. The molecule has 0 amide bonds. The third-order valence-electron chi connectivity index (χ3n) is 23.0. The predicted octanol–water partition coefficient (Wildman–Crippen LogP) is 30.0. The highest BCUT2D eigenvalue weighted by Gasteiger charge is 2.22. The monoisotopic (exact) mass is 1490 g/mol. The molecule has 4 heterocycles. The van der Waals surface area contributed by atoms with E-state index in [1.807, 2.05) is 59.9 Å². The first-order valence-corrected chi connectivity index (χ1v) is 40.3. The number of fused-ring (bicyclic) bond motifs is 18. The van der Waals surface area contributed by atoms with Crippen LogP contribution in [0.25, 0.3) is 225 Å². The quantitative estimate of drug-likeness (QED) is 0.121. The molecule has 540 valence electrons. The van der Waals surface area contributed by atoms with Crippen molar-refractivity contribution in [2.24, 2.45) is 0 Å². The average Bonchev–Trinajstić information content (AvgIpc) is 0.930. The van der Waals surface area contributed by atoms with Crippen LogP contribution in [0.5, 0.6) is 0 Å². The van der Waals surface area contributed by atoms with Crippen LogP contribution in [-0.2, 0) is 0 Å². The lowest BCUT2D eigenvalue weighted by Gasteiger charge is -2.16. The first-order chi connectivity index (χ1) is 57.5. The van der Waals surface area contributed by atoms with Crippen LogP contribution < -0.4 is 0 Å². The molecule has 0 saturated carbocycles. The zero-order valence-electron chi connectivity index (χ0n) is 63.0. The van der Waals surface area contributed by atoms with E-state index in [4.69, 9.17) is 19.9 Å². The average molecular weight is 1490 g/mol. The third kappa shape index (κ3) is 12.0. The molecule has 19 aromatic carbocycles. The SMILES string of the molecule is c1ccc(-c2cc(-c3cccc(-c4cccc5c6ccccc6c6cc(-c7ccc8c(c7)c7ccccc7n8-c7ccccc7)ccc6c45)c3)nc(-c3ccccc3)n2)cc1.c1ccc(-c2cc(-c3cccc(-c4cccc5c6ccccc6c6cc(-c7ccc8sc9ccccc9c8c7)ccc6c45)c3)nc(-c3ccccc3)n2)cc1. The van der Waals surface area contributed by atoms with Gasteiger partial charge in [-0.25, -0.2) is 19.9 Å². The molecule has 0 saturated heterocycles. The topological polar surface area (TPSA) is 56.5 Å². The van der Waals surface area contributed by atoms with Crippen molar-refractivity contribution in [3.63, 3.8) is 0 Å². The van der Waals surface area contributed by atoms with Crippen molar-refractivity contribution in [1.82, 2.24) is 24.5 Å². The van der Waals surface area contributed by atoms with E-state index in [0.29, 0.717) is 11.6 Å². The van der Waals surface area contributed by atoms with Crippen LogP contribution >= 0.6 is 11.3 Å². The highest BCUT2D eigenvalue weighted by Crippen LogP contribution is 2.47. The Bertz CT molecular complexity index is 7690. The molecule has 0 unspecified atom stereocenters. The van der Waals surface area contributed by atoms with Gasteiger partial charge >= 0.3 is 0 Å². The molecule has 6 heteroatoms. The van der Waals surface area contributed by atoms with Gasteiger partial charge in [0.15, 0.2) is 11.6 Å². The second-order valence-electron chi connectivity index (χ2n) is 29.8. The molecule has 4 aromatic heterocycles. The van der Waals surface area contributed by atoms with Gasteiger partial charge < -0.3 is 4.57 Å². The summed E-state index contributed by atoms with van der Waals surface area (Å²) in [6, 6.07) is 150. The largest absolute Gasteiger partial charge is 0.309 e. The highest BCUT2D eigenvalue weighted by molar-refractivity contribution is 7.25. The number of hydrogen-bond donors (Lipinski definition) is 0. The summed E-state index contributed by atoms with van der Waals surface area (Å²) in [4.78, 5) is 20.4. The molecule has 0 aliphatic rings. The van der Waals surface area contributed by atoms with Gasteiger partial charge in [-0.1, -0.05) is 334 Å². The van der Waals surface area contributed by atoms with Crippen LogP contribution in [0.4, 0.5) is 0 Å². The Morgan fingerprint density at radius 3 is 1.00 bits per heavy atom. The van der Waals surface area contributed by atoms with Crippen molar-refractivity contribution >= 4 is 118 Å². The minimum atomic E-state index is 0.710. The van der Waals surface area contributed by atoms with Gasteiger partial charge in [-0.3, -0.25) is 0 Å². The molecule has 0 aliphatic heterocycles. The third-order valence-corrected chi connectivity index (χ3v) is 24.2. The summed E-state index contributed by atoms with van der Waals surface area (Å²) in [5, 5.41) is 20.2. The van der Waals surface area contributed by atoms with Crippen molar-refractivity contribution in [3.8, 4) is 118 Å². The summed E-state index contributed by atoms with van der Waals surface area (Å²) >= 11 is 1.86. The Kier molecular flexibility index (Phi) is 16.7. The van der Waals surface area contributed by atoms with Gasteiger partial charge in [-0.2, -0.15) is 0 Å². The maximum absolute atomic E-state index is 5.17. The van der Waals surface area contributed by atoms with Crippen molar-refractivity contribution in [3.05, 3.63) is 419 Å². The highest BCUT2D eigenvalue weighted by atomic mass is 32.1. The lowest BCUT2D eigenvalue weighted by Crippen LogP contribution is -1.96. The number of nitrogens with zero attached hydrogens (tertiary/aromatic N) is 5. The summed E-state index contributed by atoms with van der Waals surface area (Å²) in [7, 11) is 0. The summed E-state index contributed by atoms with van der Waals surface area (Å²) in [6.45, 7) is 0. The van der Waals surface area contributed by atoms with Crippen LogP contribution in [0.15, 0.2) is 419 Å². The molecule has 5 nitrogen and oxygen atoms in total. The maximum atomic E-state index is 5.17. The van der Waals surface area contributed by atoms with Gasteiger partial charge in [0.2, 0.25) is 0 Å². The van der Waals surface area contributed by atoms with Crippen LogP contribution in [0.2, 0.25) is 0 Å². The number of para-hydroxylation sites is 2. The molecular formula is C110H69N5S. The Morgan fingerprint density at radius 2 is 0.500 bits per heavy atom. The zero-order chi connectivity index (χ0) is 76.6. The molecule has 0 N–H and O–H groups in total. The number of rotatable bonds is 11. The summed E-state index contributed by atoms with van der Waals surface area (Å²) in [6.07, 6.45) is 0. The number of benzene rings is 19. The Balaban J connectivity index is 0.000000141. The smallest absolute Gasteiger partial charge is 0.160 e. The van der Waals surface area contributed by atoms with Crippen molar-refractivity contribution < 1.29 is 0 Å². The fourth-order valence-electron chi connectivity index (χ4n) is 17.6. The lowest BCUT2D eigenvalue weighted by atomic mass is 9.88. The van der Waals surface area contributed by atoms with E-state index in [1.165, 1.54) is 140 Å². The molecule has 0 radical (unpaired) electrons. The molecule has 0 aliphatic carbocycles. The minimum Gasteiger partial charge on any atom is -0.309 e. The van der Waals surface area contributed by atoms with Gasteiger partial charge in [-0.05, 0) is 194 Å². The second kappa shape index (κ2) is 28.6. The van der Waals surface area contributed by atoms with Gasteiger partial charge in [0, 0.05) is 70.0 Å². The Morgan fingerprint density at radius 1 is 0.172 bits per heavy atom. The van der Waals surface area contributed by atoms with Crippen molar-refractivity contribution in [1.29, 1.82) is 0 Å². The van der Waals surface area contributed by atoms with Gasteiger partial charge in [0.1, 0.15) is 0 Å². The van der Waals surface area contributed by atoms with E-state index in [9.17, 15) is 0 Å². The van der Waals surface area contributed by atoms with E-state index >= 15 is 0 Å². The van der Waals surface area contributed by atoms with Gasteiger partial charge in [-0.15, -0.1) is 11.3 Å². The van der Waals surface area contributed by atoms with E-state index in [-0.39, 0.29) is 0 Å². The minimum absolute atomic E-state index is 0.710. The van der Waals surface area contributed by atoms with Crippen LogP contribution in [0.3, 0.4) is 0 Å². The Labute approximate surface area is 674 Å². The fourth-order valence-corrected chi connectivity index (χ4v) is 18.7. The molecule has 23 aromatic rings. The van der Waals surface area contributed by atoms with E-state index in [0.717, 1.165) is 73.0 Å². The number of aromatic nitrogens is 5. The summed E-state index contributed by atoms with van der Waals surface area (Å²) in [5.41, 5.74) is 22.9. The number of hydrogen-bond acceptors (Lipinski definition) is 5. The van der Waals surface area contributed by atoms with Crippen molar-refractivity contribution in [2.45, 2.75) is 0 Å². The first-order valence-electron chi connectivity index (χ1n) is 39.5. The van der Waals surface area contributed by atoms with Gasteiger partial charge in [0.05, 0.1) is 33.8 Å². The van der Waals surface area contributed by atoms with E-state index in [2.05, 4.69) is 375 Å². The van der Waals surface area contributed by atoms with E-state index < -0.39 is 0 Å². The summed E-state index contributed by atoms with van der Waals surface area (Å²) < 4.78 is 5.03. The fraction of sp³-hybridized carbons (Fsp3) is 0. The Hall–Kier alpha value is -15.1. The predicted molar refractivity (Wildman–Crippen MR) is 491 cm³/mol. The lowest BCUT2D eigenvalue weighted by molar-refractivity contribution is 1.18. The summed E-state index contributed by atoms with van der Waals surface area (Å²) in [5.74, 6) is 1.43. The van der Waals surface area contributed by atoms with Crippen LogP contribution in [0, 0.1) is 0 Å². The first kappa shape index (κ1) is 67.8. The van der Waals surface area contributed by atoms with Crippen LogP contribution in [-0.4, -0.2) is 24.5 Å². The normalized spacial score (nSPS) is 11.6. The molecular weight excluding hydrogens is 1420 g/mol. The maximum Gasteiger partial charge on any atom is 0.160 e. The molecule has 116 heavy (non-hydrogen) atoms. The second-order valence-corrected chi connectivity index (χ2v) is 30.9. The molecule has 0 bridgehead atoms. The van der Waals surface area contributed by atoms with E-state index in [1.54, 1.807) is 0 Å². The molecule has 0 spiro atoms. The molecule has 23 rings (SSSR count). The number of thiophene rings is 1. The van der Waals surface area contributed by atoms with Gasteiger partial charge in [0.25, 0.3) is 0 Å². The molecule has 0 fully saturated rings. The van der Waals surface area contributed by atoms with Crippen LogP contribution in [0.1, 0.15) is 0 Å². The zero-order valence-corrected chi connectivity index (χ0v) is 63.8. The standard InChI is InChI=1S/C58H37N3.C52H32N2S/c1-4-16-38(17-5-1)53-37-54(60-58(59-53)39-18-6-2-7-19-39)43-21-14-20-42(34-43)45-27-15-28-49-46-24-10-11-25-47(46)51-35-40(30-32-50(51)57(45)49)41-31-33-56-52(36-41)48-26-12-13-29-55(48)61(56)44-22-8-3-9-23-44;1-3-13-33(14-4-1)47-32-48(54-52(53-47)34-15-5-2-6-16-34)38-18-11-17-37(29-38)39-22-12-23-43-40-19-7-8-20-41(40)45-30-35(25-27-44(45)51(39)43)36-26-28-50-46(31-36)42-21-9-10-24-49(42)55-50/h1-37H;1-32H. The van der Waals surface area contributed by atoms with Crippen molar-refractivity contribution in [2.75, 3.05) is 0 Å².